The molecule has 0 spiro atoms. The first-order chi connectivity index (χ1) is 12.5. The third-order valence-corrected chi connectivity index (χ3v) is 6.50. The number of pyridine rings is 1. The first kappa shape index (κ1) is 19.5. The van der Waals surface area contributed by atoms with Gasteiger partial charge in [-0.2, -0.15) is 12.6 Å². The third kappa shape index (κ3) is 4.52. The summed E-state index contributed by atoms with van der Waals surface area (Å²) in [5.74, 6) is -0.136. The average Bonchev–Trinajstić information content (AvgIpc) is 3.08. The number of hydrogen-bond acceptors (Lipinski definition) is 5. The summed E-state index contributed by atoms with van der Waals surface area (Å²) in [7, 11) is 1.63. The summed E-state index contributed by atoms with van der Waals surface area (Å²) in [6.45, 7) is 6.70. The largest absolute Gasteiger partial charge is 0.370 e. The highest BCUT2D eigenvalue weighted by atomic mass is 32.1. The quantitative estimate of drug-likeness (QED) is 0.750. The Morgan fingerprint density at radius 3 is 2.73 bits per heavy atom. The minimum absolute atomic E-state index is 0.136. The van der Waals surface area contributed by atoms with Crippen LogP contribution in [-0.4, -0.2) is 59.8 Å². The molecule has 3 rings (SSSR count). The van der Waals surface area contributed by atoms with Gasteiger partial charge < -0.3 is 10.2 Å². The summed E-state index contributed by atoms with van der Waals surface area (Å²) in [5.41, 5.74) is 1.59. The molecule has 0 aromatic carbocycles. The number of anilines is 1. The summed E-state index contributed by atoms with van der Waals surface area (Å²) in [6.07, 6.45) is 9.21. The van der Waals surface area contributed by atoms with Crippen molar-refractivity contribution >= 4 is 24.2 Å². The van der Waals surface area contributed by atoms with E-state index in [0.29, 0.717) is 11.7 Å². The van der Waals surface area contributed by atoms with Crippen LogP contribution in [0.4, 0.5) is 5.69 Å². The van der Waals surface area contributed by atoms with E-state index in [9.17, 15) is 4.79 Å². The highest BCUT2D eigenvalue weighted by molar-refractivity contribution is 7.81. The lowest BCUT2D eigenvalue weighted by Crippen LogP contribution is -2.45. The van der Waals surface area contributed by atoms with E-state index >= 15 is 0 Å². The number of hydrogen-bond donors (Lipinski definition) is 2. The Hall–Kier alpha value is -1.27. The van der Waals surface area contributed by atoms with Crippen molar-refractivity contribution in [2.24, 2.45) is 0 Å². The number of likely N-dealkylation sites (tertiary alicyclic amines) is 1. The molecular weight excluding hydrogens is 344 g/mol. The number of carbonyl (C=O) groups is 1. The van der Waals surface area contributed by atoms with E-state index in [2.05, 4.69) is 27.0 Å². The number of thiol groups is 1. The first-order valence-electron chi connectivity index (χ1n) is 9.94. The SMILES string of the molecule is CCCCC1(S)CCN(C2CCN(c3ccc(C(=O)NC)nc3)CC2)C1. The lowest BCUT2D eigenvalue weighted by molar-refractivity contribution is 0.0958. The van der Waals surface area contributed by atoms with E-state index in [4.69, 9.17) is 12.6 Å². The lowest BCUT2D eigenvalue weighted by atomic mass is 10.00. The number of nitrogens with one attached hydrogen (secondary N) is 1. The van der Waals surface area contributed by atoms with Crippen molar-refractivity contribution < 1.29 is 4.79 Å². The Kier molecular flexibility index (Phi) is 6.46. The molecule has 1 unspecified atom stereocenters. The molecule has 3 heterocycles. The van der Waals surface area contributed by atoms with Gasteiger partial charge in [0.25, 0.3) is 5.91 Å². The van der Waals surface area contributed by atoms with Gasteiger partial charge in [0.15, 0.2) is 0 Å². The topological polar surface area (TPSA) is 48.5 Å². The van der Waals surface area contributed by atoms with Crippen molar-refractivity contribution in [1.29, 1.82) is 0 Å². The van der Waals surface area contributed by atoms with E-state index in [0.717, 1.165) is 25.3 Å². The van der Waals surface area contributed by atoms with Gasteiger partial charge >= 0.3 is 0 Å². The van der Waals surface area contributed by atoms with E-state index in [-0.39, 0.29) is 10.7 Å². The van der Waals surface area contributed by atoms with Crippen molar-refractivity contribution in [2.45, 2.75) is 56.2 Å². The number of unbranched alkanes of at least 4 members (excludes halogenated alkanes) is 1. The molecule has 2 aliphatic heterocycles. The van der Waals surface area contributed by atoms with E-state index in [1.54, 1.807) is 7.05 Å². The number of piperidine rings is 1. The smallest absolute Gasteiger partial charge is 0.269 e. The van der Waals surface area contributed by atoms with Crippen LogP contribution in [0.1, 0.15) is 55.9 Å². The van der Waals surface area contributed by atoms with Crippen LogP contribution in [-0.2, 0) is 0 Å². The second-order valence-electron chi connectivity index (χ2n) is 7.75. The Labute approximate surface area is 162 Å². The van der Waals surface area contributed by atoms with Crippen LogP contribution in [0.15, 0.2) is 18.3 Å². The fourth-order valence-corrected chi connectivity index (χ4v) is 4.67. The Bertz CT molecular complexity index is 600. The van der Waals surface area contributed by atoms with Gasteiger partial charge in [-0.15, -0.1) is 0 Å². The molecule has 5 nitrogen and oxygen atoms in total. The summed E-state index contributed by atoms with van der Waals surface area (Å²) in [6, 6.07) is 4.50. The number of nitrogens with zero attached hydrogens (tertiary/aromatic N) is 3. The molecule has 144 valence electrons. The summed E-state index contributed by atoms with van der Waals surface area (Å²) in [5, 5.41) is 2.61. The zero-order valence-corrected chi connectivity index (χ0v) is 17.0. The predicted molar refractivity (Wildman–Crippen MR) is 110 cm³/mol. The fraction of sp³-hybridized carbons (Fsp3) is 0.700. The van der Waals surface area contributed by atoms with Crippen LogP contribution in [0.25, 0.3) is 0 Å². The molecule has 1 aromatic heterocycles. The van der Waals surface area contributed by atoms with Gasteiger partial charge in [-0.3, -0.25) is 9.69 Å². The van der Waals surface area contributed by atoms with Crippen LogP contribution in [0.3, 0.4) is 0 Å². The van der Waals surface area contributed by atoms with Gasteiger partial charge in [-0.1, -0.05) is 19.8 Å². The van der Waals surface area contributed by atoms with Gasteiger partial charge in [0.1, 0.15) is 5.69 Å². The molecule has 6 heteroatoms. The molecule has 0 saturated carbocycles. The van der Waals surface area contributed by atoms with Crippen LogP contribution in [0.2, 0.25) is 0 Å². The highest BCUT2D eigenvalue weighted by Gasteiger charge is 2.38. The maximum atomic E-state index is 11.6. The standard InChI is InChI=1S/C20H32N4OS/c1-3-4-9-20(26)10-13-24(15-20)16-7-11-23(12-8-16)17-5-6-18(22-14-17)19(25)21-2/h5-6,14,16,26H,3-4,7-13,15H2,1-2H3,(H,21,25). The van der Waals surface area contributed by atoms with Crippen molar-refractivity contribution in [3.63, 3.8) is 0 Å². The van der Waals surface area contributed by atoms with Crippen molar-refractivity contribution in [3.05, 3.63) is 24.0 Å². The minimum atomic E-state index is -0.136. The summed E-state index contributed by atoms with van der Waals surface area (Å²) < 4.78 is 0.229. The van der Waals surface area contributed by atoms with Gasteiger partial charge in [-0.05, 0) is 44.4 Å². The number of aromatic nitrogens is 1. The van der Waals surface area contributed by atoms with Gasteiger partial charge in [-0.25, -0.2) is 4.98 Å². The molecule has 1 aromatic rings. The number of carbonyl (C=O) groups excluding carboxylic acids is 1. The minimum Gasteiger partial charge on any atom is -0.370 e. The second-order valence-corrected chi connectivity index (χ2v) is 8.70. The normalized spacial score (nSPS) is 24.8. The molecule has 2 fully saturated rings. The molecule has 2 aliphatic rings. The van der Waals surface area contributed by atoms with E-state index in [1.807, 2.05) is 18.3 Å². The van der Waals surface area contributed by atoms with Crippen LogP contribution >= 0.6 is 12.6 Å². The maximum absolute atomic E-state index is 11.6. The van der Waals surface area contributed by atoms with Crippen molar-refractivity contribution in [2.75, 3.05) is 38.1 Å². The Morgan fingerprint density at radius 2 is 2.12 bits per heavy atom. The molecule has 0 bridgehead atoms. The predicted octanol–water partition coefficient (Wildman–Crippen LogP) is 2.97. The van der Waals surface area contributed by atoms with Gasteiger partial charge in [0.2, 0.25) is 0 Å². The van der Waals surface area contributed by atoms with E-state index < -0.39 is 0 Å². The Balaban J connectivity index is 1.51. The second kappa shape index (κ2) is 8.61. The number of rotatable bonds is 6. The molecule has 0 aliphatic carbocycles. The Morgan fingerprint density at radius 1 is 1.35 bits per heavy atom. The fourth-order valence-electron chi connectivity index (χ4n) is 4.23. The van der Waals surface area contributed by atoms with Crippen LogP contribution in [0.5, 0.6) is 0 Å². The molecule has 2 saturated heterocycles. The zero-order valence-electron chi connectivity index (χ0n) is 16.1. The van der Waals surface area contributed by atoms with E-state index in [1.165, 1.54) is 45.1 Å². The molecule has 1 atom stereocenters. The van der Waals surface area contributed by atoms with Crippen molar-refractivity contribution in [3.8, 4) is 0 Å². The zero-order chi connectivity index (χ0) is 18.6. The van der Waals surface area contributed by atoms with Crippen LogP contribution in [0, 0.1) is 0 Å². The average molecular weight is 377 g/mol. The number of amides is 1. The highest BCUT2D eigenvalue weighted by Crippen LogP contribution is 2.35. The van der Waals surface area contributed by atoms with Crippen molar-refractivity contribution in [1.82, 2.24) is 15.2 Å². The molecule has 0 radical (unpaired) electrons. The maximum Gasteiger partial charge on any atom is 0.269 e. The van der Waals surface area contributed by atoms with Gasteiger partial charge in [0.05, 0.1) is 11.9 Å². The molecule has 1 N–H and O–H groups in total. The first-order valence-corrected chi connectivity index (χ1v) is 10.4. The van der Waals surface area contributed by atoms with Gasteiger partial charge in [0, 0.05) is 37.5 Å². The summed E-state index contributed by atoms with van der Waals surface area (Å²) >= 11 is 5.01. The monoisotopic (exact) mass is 376 g/mol. The molecule has 26 heavy (non-hydrogen) atoms. The van der Waals surface area contributed by atoms with Crippen LogP contribution < -0.4 is 10.2 Å². The molecular formula is C20H32N4OS. The molecule has 1 amide bonds. The summed E-state index contributed by atoms with van der Waals surface area (Å²) in [4.78, 5) is 21.0. The lowest BCUT2D eigenvalue weighted by Gasteiger charge is -2.38. The third-order valence-electron chi connectivity index (χ3n) is 5.91.